The van der Waals surface area contributed by atoms with Gasteiger partial charge in [-0.15, -0.1) is 0 Å². The number of hydrogen-bond acceptors (Lipinski definition) is 6. The Labute approximate surface area is 96.9 Å². The number of ether oxygens (including phenoxy) is 1. The standard InChI is InChI=1S/C10H10FN5O/c1-12-10-15-5-6(11)7(16-10)8-9(17-2)14-4-3-13-8/h3-5H,1-2H3,(H,12,15,16). The molecule has 6 nitrogen and oxygen atoms in total. The number of hydrogen-bond donors (Lipinski definition) is 1. The number of nitrogens with one attached hydrogen (secondary N) is 1. The molecule has 0 bridgehead atoms. The third kappa shape index (κ3) is 2.12. The summed E-state index contributed by atoms with van der Waals surface area (Å²) in [6, 6.07) is 0. The second kappa shape index (κ2) is 4.69. The molecule has 7 heteroatoms. The van der Waals surface area contributed by atoms with E-state index in [0.717, 1.165) is 6.20 Å². The third-order valence-electron chi connectivity index (χ3n) is 2.05. The van der Waals surface area contributed by atoms with Gasteiger partial charge in [0.05, 0.1) is 13.3 Å². The molecule has 0 aliphatic rings. The molecule has 0 spiro atoms. The van der Waals surface area contributed by atoms with Crippen LogP contribution in [0.3, 0.4) is 0 Å². The third-order valence-corrected chi connectivity index (χ3v) is 2.05. The van der Waals surface area contributed by atoms with Crippen molar-refractivity contribution in [2.45, 2.75) is 0 Å². The summed E-state index contributed by atoms with van der Waals surface area (Å²) in [5.41, 5.74) is 0.292. The van der Waals surface area contributed by atoms with Gasteiger partial charge in [-0.3, -0.25) is 0 Å². The minimum atomic E-state index is -0.581. The molecule has 0 unspecified atom stereocenters. The number of methoxy groups -OCH3 is 1. The Morgan fingerprint density at radius 2 is 1.94 bits per heavy atom. The zero-order valence-electron chi connectivity index (χ0n) is 9.31. The van der Waals surface area contributed by atoms with Crippen molar-refractivity contribution >= 4 is 5.95 Å². The van der Waals surface area contributed by atoms with Crippen molar-refractivity contribution in [2.24, 2.45) is 0 Å². The molecule has 2 aromatic rings. The molecule has 0 aliphatic carbocycles. The lowest BCUT2D eigenvalue weighted by atomic mass is 10.3. The minimum Gasteiger partial charge on any atom is -0.479 e. The van der Waals surface area contributed by atoms with Gasteiger partial charge in [0.15, 0.2) is 11.5 Å². The fraction of sp³-hybridized carbons (Fsp3) is 0.200. The maximum Gasteiger partial charge on any atom is 0.242 e. The summed E-state index contributed by atoms with van der Waals surface area (Å²) >= 11 is 0. The maximum atomic E-state index is 13.6. The van der Waals surface area contributed by atoms with Gasteiger partial charge >= 0.3 is 0 Å². The van der Waals surface area contributed by atoms with Crippen LogP contribution in [0.2, 0.25) is 0 Å². The topological polar surface area (TPSA) is 72.8 Å². The summed E-state index contributed by atoms with van der Waals surface area (Å²) in [5.74, 6) is -0.0657. The van der Waals surface area contributed by atoms with Crippen LogP contribution in [0.1, 0.15) is 0 Å². The highest BCUT2D eigenvalue weighted by atomic mass is 19.1. The smallest absolute Gasteiger partial charge is 0.242 e. The first-order chi connectivity index (χ1) is 8.26. The van der Waals surface area contributed by atoms with Gasteiger partial charge in [-0.1, -0.05) is 0 Å². The molecule has 0 aromatic carbocycles. The van der Waals surface area contributed by atoms with Crippen LogP contribution in [0.25, 0.3) is 11.4 Å². The molecular formula is C10H10FN5O. The molecule has 0 amide bonds. The van der Waals surface area contributed by atoms with Crippen molar-refractivity contribution in [3.05, 3.63) is 24.4 Å². The number of nitrogens with zero attached hydrogens (tertiary/aromatic N) is 4. The fourth-order valence-corrected chi connectivity index (χ4v) is 1.29. The zero-order chi connectivity index (χ0) is 12.3. The summed E-state index contributed by atoms with van der Waals surface area (Å²) in [6.07, 6.45) is 3.97. The first-order valence-corrected chi connectivity index (χ1v) is 4.82. The maximum absolute atomic E-state index is 13.6. The van der Waals surface area contributed by atoms with Crippen LogP contribution < -0.4 is 10.1 Å². The second-order valence-electron chi connectivity index (χ2n) is 3.05. The normalized spacial score (nSPS) is 10.1. The molecule has 1 N–H and O–H groups in total. The van der Waals surface area contributed by atoms with Crippen molar-refractivity contribution in [1.82, 2.24) is 19.9 Å². The summed E-state index contributed by atoms with van der Waals surface area (Å²) in [5, 5.41) is 2.72. The van der Waals surface area contributed by atoms with Crippen molar-refractivity contribution < 1.29 is 9.13 Å². The number of rotatable bonds is 3. The highest BCUT2D eigenvalue weighted by molar-refractivity contribution is 5.61. The Morgan fingerprint density at radius 3 is 2.65 bits per heavy atom. The van der Waals surface area contributed by atoms with E-state index in [1.807, 2.05) is 0 Å². The van der Waals surface area contributed by atoms with Gasteiger partial charge < -0.3 is 10.1 Å². The van der Waals surface area contributed by atoms with Gasteiger partial charge in [-0.2, -0.15) is 0 Å². The molecule has 2 rings (SSSR count). The van der Waals surface area contributed by atoms with Gasteiger partial charge in [-0.05, 0) is 0 Å². The monoisotopic (exact) mass is 235 g/mol. The van der Waals surface area contributed by atoms with Gasteiger partial charge in [-0.25, -0.2) is 24.3 Å². The molecule has 0 saturated carbocycles. The molecule has 0 atom stereocenters. The van der Waals surface area contributed by atoms with Gasteiger partial charge in [0, 0.05) is 19.4 Å². The van der Waals surface area contributed by atoms with E-state index in [1.54, 1.807) is 7.05 Å². The van der Waals surface area contributed by atoms with Gasteiger partial charge in [0.2, 0.25) is 11.8 Å². The zero-order valence-corrected chi connectivity index (χ0v) is 9.31. The lowest BCUT2D eigenvalue weighted by molar-refractivity contribution is 0.397. The van der Waals surface area contributed by atoms with Crippen LogP contribution in [0.4, 0.5) is 10.3 Å². The van der Waals surface area contributed by atoms with Crippen molar-refractivity contribution in [3.8, 4) is 17.3 Å². The predicted octanol–water partition coefficient (Wildman–Crippen LogP) is 1.12. The van der Waals surface area contributed by atoms with Gasteiger partial charge in [0.25, 0.3) is 0 Å². The highest BCUT2D eigenvalue weighted by Gasteiger charge is 2.15. The Bertz CT molecular complexity index is 534. The first-order valence-electron chi connectivity index (χ1n) is 4.82. The van der Waals surface area contributed by atoms with Crippen molar-refractivity contribution in [1.29, 1.82) is 0 Å². The van der Waals surface area contributed by atoms with E-state index in [0.29, 0.717) is 5.95 Å². The van der Waals surface area contributed by atoms with Crippen molar-refractivity contribution in [3.63, 3.8) is 0 Å². The van der Waals surface area contributed by atoms with E-state index < -0.39 is 5.82 Å². The average Bonchev–Trinajstić information content (AvgIpc) is 2.39. The minimum absolute atomic E-state index is 0.0503. The van der Waals surface area contributed by atoms with Crippen LogP contribution in [-0.2, 0) is 0 Å². The van der Waals surface area contributed by atoms with Crippen LogP contribution in [0.5, 0.6) is 5.88 Å². The molecule has 17 heavy (non-hydrogen) atoms. The molecule has 0 saturated heterocycles. The summed E-state index contributed by atoms with van der Waals surface area (Å²) < 4.78 is 18.6. The average molecular weight is 235 g/mol. The highest BCUT2D eigenvalue weighted by Crippen LogP contribution is 2.25. The summed E-state index contributed by atoms with van der Waals surface area (Å²) in [4.78, 5) is 15.7. The van der Waals surface area contributed by atoms with Crippen LogP contribution in [0.15, 0.2) is 18.6 Å². The summed E-state index contributed by atoms with van der Waals surface area (Å²) in [6.45, 7) is 0. The Hall–Kier alpha value is -2.31. The van der Waals surface area contributed by atoms with E-state index >= 15 is 0 Å². The van der Waals surface area contributed by atoms with E-state index in [9.17, 15) is 4.39 Å². The van der Waals surface area contributed by atoms with E-state index in [-0.39, 0.29) is 17.3 Å². The van der Waals surface area contributed by atoms with Gasteiger partial charge in [0.1, 0.15) is 5.69 Å². The number of aromatic nitrogens is 4. The predicted molar refractivity (Wildman–Crippen MR) is 59.1 cm³/mol. The fourth-order valence-electron chi connectivity index (χ4n) is 1.29. The van der Waals surface area contributed by atoms with Crippen LogP contribution >= 0.6 is 0 Å². The second-order valence-corrected chi connectivity index (χ2v) is 3.05. The molecule has 0 radical (unpaired) electrons. The molecular weight excluding hydrogens is 225 g/mol. The number of anilines is 1. The molecule has 2 heterocycles. The largest absolute Gasteiger partial charge is 0.479 e. The Balaban J connectivity index is 2.59. The Kier molecular flexibility index (Phi) is 3.08. The quantitative estimate of drug-likeness (QED) is 0.859. The first kappa shape index (κ1) is 11.2. The molecule has 88 valence electrons. The number of halogens is 1. The Morgan fingerprint density at radius 1 is 1.18 bits per heavy atom. The van der Waals surface area contributed by atoms with Crippen LogP contribution in [-0.4, -0.2) is 34.1 Å². The van der Waals surface area contributed by atoms with Crippen molar-refractivity contribution in [2.75, 3.05) is 19.5 Å². The molecule has 0 fully saturated rings. The summed E-state index contributed by atoms with van der Waals surface area (Å²) in [7, 11) is 3.08. The molecule has 0 aliphatic heterocycles. The molecule has 2 aromatic heterocycles. The van der Waals surface area contributed by atoms with Crippen LogP contribution in [0, 0.1) is 5.82 Å². The van der Waals surface area contributed by atoms with E-state index in [1.165, 1.54) is 19.5 Å². The van der Waals surface area contributed by atoms with E-state index in [4.69, 9.17) is 4.74 Å². The van der Waals surface area contributed by atoms with E-state index in [2.05, 4.69) is 25.3 Å². The lowest BCUT2D eigenvalue weighted by Crippen LogP contribution is -2.02. The lowest BCUT2D eigenvalue weighted by Gasteiger charge is -2.07. The SMILES string of the molecule is CNc1ncc(F)c(-c2nccnc2OC)n1.